The summed E-state index contributed by atoms with van der Waals surface area (Å²) >= 11 is 0. The first kappa shape index (κ1) is 12.7. The van der Waals surface area contributed by atoms with Gasteiger partial charge in [-0.05, 0) is 18.9 Å². The summed E-state index contributed by atoms with van der Waals surface area (Å²) in [4.78, 5) is 11.9. The molecular weight excluding hydrogens is 190 g/mol. The van der Waals surface area contributed by atoms with Crippen LogP contribution < -0.4 is 5.32 Å². The van der Waals surface area contributed by atoms with Crippen molar-refractivity contribution in [3.05, 3.63) is 0 Å². The Hall–Kier alpha value is -0.410. The van der Waals surface area contributed by atoms with Crippen LogP contribution in [0.5, 0.6) is 0 Å². The molecule has 0 radical (unpaired) electrons. The van der Waals surface area contributed by atoms with Gasteiger partial charge in [0.2, 0.25) is 0 Å². The largest absolute Gasteiger partial charge is 0.379 e. The van der Waals surface area contributed by atoms with Crippen LogP contribution in [0.15, 0.2) is 0 Å². The second-order valence-electron chi connectivity index (χ2n) is 5.57. The fourth-order valence-electron chi connectivity index (χ4n) is 1.84. The van der Waals surface area contributed by atoms with Crippen LogP contribution in [0.2, 0.25) is 0 Å². The highest BCUT2D eigenvalue weighted by atomic mass is 16.5. The minimum atomic E-state index is 0.0670. The lowest BCUT2D eigenvalue weighted by Gasteiger charge is -2.20. The third-order valence-corrected chi connectivity index (χ3v) is 2.99. The van der Waals surface area contributed by atoms with E-state index in [0.29, 0.717) is 25.4 Å². The molecular formula is C12H23NO2. The van der Waals surface area contributed by atoms with Crippen molar-refractivity contribution in [2.45, 2.75) is 39.7 Å². The number of nitrogens with one attached hydrogen (secondary N) is 1. The maximum absolute atomic E-state index is 11.9. The molecule has 1 saturated heterocycles. The van der Waals surface area contributed by atoms with Gasteiger partial charge in [0.15, 0.2) is 0 Å². The number of likely N-dealkylation sites (N-methyl/N-ethyl adjacent to an activating group) is 1. The predicted molar refractivity (Wildman–Crippen MR) is 60.9 cm³/mol. The van der Waals surface area contributed by atoms with Gasteiger partial charge in [-0.2, -0.15) is 0 Å². The van der Waals surface area contributed by atoms with Crippen LogP contribution in [-0.2, 0) is 9.53 Å². The summed E-state index contributed by atoms with van der Waals surface area (Å²) in [5.41, 5.74) is 0.240. The molecule has 0 aromatic carbocycles. The van der Waals surface area contributed by atoms with Crippen molar-refractivity contribution in [2.24, 2.45) is 11.3 Å². The Morgan fingerprint density at radius 3 is 2.60 bits per heavy atom. The average Bonchev–Trinajstić information content (AvgIpc) is 2.60. The molecule has 1 fully saturated rings. The quantitative estimate of drug-likeness (QED) is 0.771. The Labute approximate surface area is 92.6 Å². The van der Waals surface area contributed by atoms with Crippen molar-refractivity contribution in [1.82, 2.24) is 5.32 Å². The Balaban J connectivity index is 2.40. The van der Waals surface area contributed by atoms with Crippen molar-refractivity contribution in [2.75, 3.05) is 20.3 Å². The van der Waals surface area contributed by atoms with Crippen LogP contribution in [-0.4, -0.2) is 32.1 Å². The molecule has 88 valence electrons. The Morgan fingerprint density at radius 1 is 1.40 bits per heavy atom. The van der Waals surface area contributed by atoms with E-state index in [9.17, 15) is 4.79 Å². The van der Waals surface area contributed by atoms with Crippen LogP contribution in [0.4, 0.5) is 0 Å². The van der Waals surface area contributed by atoms with E-state index in [1.54, 1.807) is 0 Å². The van der Waals surface area contributed by atoms with Crippen molar-refractivity contribution >= 4 is 5.78 Å². The fourth-order valence-corrected chi connectivity index (χ4v) is 1.84. The second kappa shape index (κ2) is 5.08. The summed E-state index contributed by atoms with van der Waals surface area (Å²) in [6, 6.07) is 0.220. The van der Waals surface area contributed by atoms with Crippen LogP contribution in [0.25, 0.3) is 0 Å². The Kier molecular flexibility index (Phi) is 4.29. The van der Waals surface area contributed by atoms with E-state index in [2.05, 4.69) is 26.1 Å². The van der Waals surface area contributed by atoms with E-state index in [0.717, 1.165) is 6.42 Å². The number of Topliss-reactive ketones (excluding diaryl/α,β-unsaturated/α-hetero) is 1. The van der Waals surface area contributed by atoms with Gasteiger partial charge < -0.3 is 10.1 Å². The minimum Gasteiger partial charge on any atom is -0.379 e. The number of carbonyl (C=O) groups is 1. The van der Waals surface area contributed by atoms with Crippen molar-refractivity contribution in [1.29, 1.82) is 0 Å². The summed E-state index contributed by atoms with van der Waals surface area (Å²) in [7, 11) is 1.89. The van der Waals surface area contributed by atoms with Gasteiger partial charge >= 0.3 is 0 Å². The zero-order valence-corrected chi connectivity index (χ0v) is 10.3. The van der Waals surface area contributed by atoms with Gasteiger partial charge in [0.25, 0.3) is 0 Å². The molecule has 15 heavy (non-hydrogen) atoms. The van der Waals surface area contributed by atoms with Crippen LogP contribution in [0.3, 0.4) is 0 Å². The standard InChI is InChI=1S/C12H23NO2/c1-12(2,3)6-5-11(14)9-7-15-8-10(9)13-4/h9-10,13H,5-8H2,1-4H3. The number of rotatable bonds is 4. The maximum Gasteiger partial charge on any atom is 0.139 e. The predicted octanol–water partition coefficient (Wildman–Crippen LogP) is 1.62. The normalized spacial score (nSPS) is 26.9. The molecule has 0 aliphatic carbocycles. The van der Waals surface area contributed by atoms with Gasteiger partial charge in [-0.3, -0.25) is 4.79 Å². The molecule has 1 heterocycles. The molecule has 2 atom stereocenters. The highest BCUT2D eigenvalue weighted by Crippen LogP contribution is 2.24. The topological polar surface area (TPSA) is 38.3 Å². The highest BCUT2D eigenvalue weighted by Gasteiger charge is 2.32. The summed E-state index contributed by atoms with van der Waals surface area (Å²) in [6.07, 6.45) is 1.63. The summed E-state index contributed by atoms with van der Waals surface area (Å²) in [5.74, 6) is 0.416. The van der Waals surface area contributed by atoms with Gasteiger partial charge in [-0.15, -0.1) is 0 Å². The van der Waals surface area contributed by atoms with E-state index in [-0.39, 0.29) is 17.4 Å². The average molecular weight is 213 g/mol. The zero-order chi connectivity index (χ0) is 11.5. The number of carbonyl (C=O) groups excluding carboxylic acids is 1. The number of hydrogen-bond donors (Lipinski definition) is 1. The smallest absolute Gasteiger partial charge is 0.139 e. The van der Waals surface area contributed by atoms with Gasteiger partial charge in [0, 0.05) is 12.5 Å². The van der Waals surface area contributed by atoms with Gasteiger partial charge in [-0.25, -0.2) is 0 Å². The van der Waals surface area contributed by atoms with E-state index in [4.69, 9.17) is 4.74 Å². The molecule has 1 aliphatic rings. The van der Waals surface area contributed by atoms with Crippen LogP contribution in [0, 0.1) is 11.3 Å². The first-order valence-electron chi connectivity index (χ1n) is 5.72. The maximum atomic E-state index is 11.9. The Bertz CT molecular complexity index is 220. The number of ketones is 1. The van der Waals surface area contributed by atoms with Crippen LogP contribution >= 0.6 is 0 Å². The second-order valence-corrected chi connectivity index (χ2v) is 5.57. The molecule has 3 heteroatoms. The lowest BCUT2D eigenvalue weighted by atomic mass is 9.86. The highest BCUT2D eigenvalue weighted by molar-refractivity contribution is 5.82. The van der Waals surface area contributed by atoms with Gasteiger partial charge in [0.1, 0.15) is 5.78 Å². The molecule has 0 saturated carbocycles. The molecule has 1 aliphatic heterocycles. The molecule has 0 spiro atoms. The summed E-state index contributed by atoms with van der Waals surface area (Å²) < 4.78 is 5.33. The Morgan fingerprint density at radius 2 is 2.07 bits per heavy atom. The fraction of sp³-hybridized carbons (Fsp3) is 0.917. The van der Waals surface area contributed by atoms with Crippen molar-refractivity contribution in [3.63, 3.8) is 0 Å². The molecule has 1 N–H and O–H groups in total. The third kappa shape index (κ3) is 3.92. The van der Waals surface area contributed by atoms with E-state index < -0.39 is 0 Å². The SMILES string of the molecule is CNC1COCC1C(=O)CCC(C)(C)C. The summed E-state index contributed by atoms with van der Waals surface area (Å²) in [6.45, 7) is 7.76. The lowest BCUT2D eigenvalue weighted by molar-refractivity contribution is -0.123. The molecule has 3 nitrogen and oxygen atoms in total. The lowest BCUT2D eigenvalue weighted by Crippen LogP contribution is -2.37. The molecule has 0 amide bonds. The van der Waals surface area contributed by atoms with Gasteiger partial charge in [-0.1, -0.05) is 20.8 Å². The summed E-state index contributed by atoms with van der Waals surface area (Å²) in [5, 5.41) is 3.15. The minimum absolute atomic E-state index is 0.0670. The van der Waals surface area contributed by atoms with E-state index in [1.807, 2.05) is 7.05 Å². The number of hydrogen-bond acceptors (Lipinski definition) is 3. The molecule has 2 unspecified atom stereocenters. The first-order valence-corrected chi connectivity index (χ1v) is 5.72. The number of ether oxygens (including phenoxy) is 1. The van der Waals surface area contributed by atoms with Crippen molar-refractivity contribution in [3.8, 4) is 0 Å². The molecule has 0 bridgehead atoms. The van der Waals surface area contributed by atoms with E-state index >= 15 is 0 Å². The van der Waals surface area contributed by atoms with Crippen molar-refractivity contribution < 1.29 is 9.53 Å². The van der Waals surface area contributed by atoms with Gasteiger partial charge in [0.05, 0.1) is 19.1 Å². The molecule has 1 rings (SSSR count). The zero-order valence-electron chi connectivity index (χ0n) is 10.3. The molecule has 0 aromatic heterocycles. The third-order valence-electron chi connectivity index (χ3n) is 2.99. The van der Waals surface area contributed by atoms with Crippen LogP contribution in [0.1, 0.15) is 33.6 Å². The molecule has 0 aromatic rings. The first-order chi connectivity index (χ1) is 6.94. The monoisotopic (exact) mass is 213 g/mol. The van der Waals surface area contributed by atoms with E-state index in [1.165, 1.54) is 0 Å².